The Bertz CT molecular complexity index is 271. The van der Waals surface area contributed by atoms with Crippen LogP contribution in [0.1, 0.15) is 64.9 Å². The van der Waals surface area contributed by atoms with Gasteiger partial charge in [0.25, 0.3) is 0 Å². The molecule has 0 saturated carbocycles. The van der Waals surface area contributed by atoms with Crippen molar-refractivity contribution in [3.8, 4) is 0 Å². The van der Waals surface area contributed by atoms with Gasteiger partial charge in [-0.3, -0.25) is 4.98 Å². The summed E-state index contributed by atoms with van der Waals surface area (Å²) in [7, 11) is 0. The van der Waals surface area contributed by atoms with Crippen LogP contribution in [0.25, 0.3) is 0 Å². The highest BCUT2D eigenvalue weighted by Gasteiger charge is 2.25. The number of hydrogen-bond donors (Lipinski definition) is 0. The van der Waals surface area contributed by atoms with Crippen molar-refractivity contribution in [2.24, 2.45) is 0 Å². The van der Waals surface area contributed by atoms with Crippen molar-refractivity contribution in [3.05, 3.63) is 30.1 Å². The van der Waals surface area contributed by atoms with Gasteiger partial charge in [0.15, 0.2) is 0 Å². The number of unbranched alkanes of at least 4 members (excludes halogenated alkanes) is 2. The molecule has 0 aromatic carbocycles. The molecule has 0 bridgehead atoms. The van der Waals surface area contributed by atoms with Crippen molar-refractivity contribution in [1.82, 2.24) is 4.98 Å². The van der Waals surface area contributed by atoms with Crippen LogP contribution in [0.2, 0.25) is 0 Å². The molecule has 0 amide bonds. The van der Waals surface area contributed by atoms with Crippen molar-refractivity contribution < 1.29 is 0 Å². The molecular formula is C15H25N. The summed E-state index contributed by atoms with van der Waals surface area (Å²) < 4.78 is 0. The summed E-state index contributed by atoms with van der Waals surface area (Å²) in [4.78, 5) is 4.27. The third-order valence-corrected chi connectivity index (χ3v) is 3.52. The molecule has 0 aliphatic carbocycles. The number of pyridine rings is 1. The Labute approximate surface area is 100 Å². The minimum atomic E-state index is 0.334. The van der Waals surface area contributed by atoms with Gasteiger partial charge in [-0.05, 0) is 29.9 Å². The fourth-order valence-corrected chi connectivity index (χ4v) is 2.27. The molecule has 1 aromatic heterocycles. The number of rotatable bonds is 7. The number of nitrogens with zero attached hydrogens (tertiary/aromatic N) is 1. The van der Waals surface area contributed by atoms with E-state index in [1.165, 1.54) is 44.1 Å². The van der Waals surface area contributed by atoms with Crippen LogP contribution >= 0.6 is 0 Å². The molecule has 1 nitrogen and oxygen atoms in total. The molecule has 1 rings (SSSR count). The Morgan fingerprint density at radius 2 is 1.75 bits per heavy atom. The second-order valence-corrected chi connectivity index (χ2v) is 5.01. The van der Waals surface area contributed by atoms with Crippen LogP contribution in [0, 0.1) is 0 Å². The van der Waals surface area contributed by atoms with E-state index in [2.05, 4.69) is 37.9 Å². The van der Waals surface area contributed by atoms with Gasteiger partial charge in [0.05, 0.1) is 0 Å². The van der Waals surface area contributed by atoms with Gasteiger partial charge >= 0.3 is 0 Å². The van der Waals surface area contributed by atoms with Crippen molar-refractivity contribution in [2.75, 3.05) is 0 Å². The van der Waals surface area contributed by atoms with Crippen LogP contribution < -0.4 is 0 Å². The molecule has 1 heterocycles. The molecule has 0 unspecified atom stereocenters. The maximum Gasteiger partial charge on any atom is 0.0305 e. The third-order valence-electron chi connectivity index (χ3n) is 3.52. The summed E-state index contributed by atoms with van der Waals surface area (Å²) in [6.07, 6.45) is 11.7. The van der Waals surface area contributed by atoms with Crippen LogP contribution in [0.15, 0.2) is 24.5 Å². The summed E-state index contributed by atoms with van der Waals surface area (Å²) in [6, 6.07) is 4.30. The second kappa shape index (κ2) is 6.67. The van der Waals surface area contributed by atoms with Gasteiger partial charge < -0.3 is 0 Å². The van der Waals surface area contributed by atoms with Crippen molar-refractivity contribution in [2.45, 2.75) is 64.7 Å². The van der Waals surface area contributed by atoms with Crippen LogP contribution in [0.4, 0.5) is 0 Å². The predicted molar refractivity (Wildman–Crippen MR) is 70.6 cm³/mol. The van der Waals surface area contributed by atoms with E-state index in [0.717, 1.165) is 0 Å². The maximum atomic E-state index is 4.27. The second-order valence-electron chi connectivity index (χ2n) is 5.01. The molecule has 0 spiro atoms. The zero-order valence-corrected chi connectivity index (χ0v) is 11.0. The topological polar surface area (TPSA) is 12.9 Å². The minimum Gasteiger partial charge on any atom is -0.264 e. The molecule has 0 radical (unpaired) electrons. The quantitative estimate of drug-likeness (QED) is 0.646. The van der Waals surface area contributed by atoms with Gasteiger partial charge in [-0.1, -0.05) is 52.5 Å². The SMILES string of the molecule is CCCCC(C)(CCCC)c1cccnc1. The van der Waals surface area contributed by atoms with Crippen LogP contribution in [-0.4, -0.2) is 4.98 Å². The Morgan fingerprint density at radius 1 is 1.12 bits per heavy atom. The van der Waals surface area contributed by atoms with E-state index in [1.54, 1.807) is 0 Å². The predicted octanol–water partition coefficient (Wildman–Crippen LogP) is 4.72. The average Bonchev–Trinajstić information content (AvgIpc) is 2.35. The van der Waals surface area contributed by atoms with E-state index in [1.807, 2.05) is 12.4 Å². The normalized spacial score (nSPS) is 11.7. The van der Waals surface area contributed by atoms with E-state index in [0.29, 0.717) is 5.41 Å². The molecule has 1 aromatic rings. The smallest absolute Gasteiger partial charge is 0.0305 e. The summed E-state index contributed by atoms with van der Waals surface area (Å²) >= 11 is 0. The molecule has 0 fully saturated rings. The molecule has 0 N–H and O–H groups in total. The van der Waals surface area contributed by atoms with Crippen molar-refractivity contribution in [3.63, 3.8) is 0 Å². The van der Waals surface area contributed by atoms with Gasteiger partial charge in [-0.25, -0.2) is 0 Å². The lowest BCUT2D eigenvalue weighted by Gasteiger charge is -2.30. The Morgan fingerprint density at radius 3 is 2.19 bits per heavy atom. The molecule has 1 heteroatoms. The zero-order valence-electron chi connectivity index (χ0n) is 11.0. The van der Waals surface area contributed by atoms with E-state index < -0.39 is 0 Å². The maximum absolute atomic E-state index is 4.27. The zero-order chi connectivity index (χ0) is 11.9. The molecule has 0 aliphatic rings. The Balaban J connectivity index is 2.77. The van der Waals surface area contributed by atoms with Crippen LogP contribution in [0.5, 0.6) is 0 Å². The highest BCUT2D eigenvalue weighted by atomic mass is 14.6. The average molecular weight is 219 g/mol. The lowest BCUT2D eigenvalue weighted by atomic mass is 9.75. The van der Waals surface area contributed by atoms with E-state index >= 15 is 0 Å². The molecule has 0 saturated heterocycles. The van der Waals surface area contributed by atoms with Crippen LogP contribution in [-0.2, 0) is 5.41 Å². The van der Waals surface area contributed by atoms with E-state index in [4.69, 9.17) is 0 Å². The fourth-order valence-electron chi connectivity index (χ4n) is 2.27. The highest BCUT2D eigenvalue weighted by Crippen LogP contribution is 2.34. The lowest BCUT2D eigenvalue weighted by Crippen LogP contribution is -2.22. The third kappa shape index (κ3) is 3.62. The largest absolute Gasteiger partial charge is 0.264 e. The van der Waals surface area contributed by atoms with Crippen molar-refractivity contribution >= 4 is 0 Å². The van der Waals surface area contributed by atoms with Gasteiger partial charge in [0.1, 0.15) is 0 Å². The monoisotopic (exact) mass is 219 g/mol. The number of aromatic nitrogens is 1. The van der Waals surface area contributed by atoms with Crippen LogP contribution in [0.3, 0.4) is 0 Å². The summed E-state index contributed by atoms with van der Waals surface area (Å²) in [5.41, 5.74) is 1.75. The number of hydrogen-bond acceptors (Lipinski definition) is 1. The van der Waals surface area contributed by atoms with E-state index in [9.17, 15) is 0 Å². The standard InChI is InChI=1S/C15H25N/c1-4-6-10-15(3,11-7-5-2)14-9-8-12-16-13-14/h8-9,12-13H,4-7,10-11H2,1-3H3. The molecule has 90 valence electrons. The Kier molecular flexibility index (Phi) is 5.51. The van der Waals surface area contributed by atoms with Gasteiger partial charge in [-0.2, -0.15) is 0 Å². The molecule has 0 aliphatic heterocycles. The van der Waals surface area contributed by atoms with Gasteiger partial charge in [0.2, 0.25) is 0 Å². The van der Waals surface area contributed by atoms with Gasteiger partial charge in [0, 0.05) is 12.4 Å². The first-order valence-corrected chi connectivity index (χ1v) is 6.63. The molecular weight excluding hydrogens is 194 g/mol. The summed E-state index contributed by atoms with van der Waals surface area (Å²) in [5.74, 6) is 0. The minimum absolute atomic E-state index is 0.334. The summed E-state index contributed by atoms with van der Waals surface area (Å²) in [5, 5.41) is 0. The lowest BCUT2D eigenvalue weighted by molar-refractivity contribution is 0.373. The van der Waals surface area contributed by atoms with E-state index in [-0.39, 0.29) is 0 Å². The first kappa shape index (κ1) is 13.2. The summed E-state index contributed by atoms with van der Waals surface area (Å²) in [6.45, 7) is 6.93. The fraction of sp³-hybridized carbons (Fsp3) is 0.667. The highest BCUT2D eigenvalue weighted by molar-refractivity contribution is 5.20. The van der Waals surface area contributed by atoms with Crippen molar-refractivity contribution in [1.29, 1.82) is 0 Å². The Hall–Kier alpha value is -0.850. The molecule has 16 heavy (non-hydrogen) atoms. The molecule has 0 atom stereocenters. The first-order valence-electron chi connectivity index (χ1n) is 6.63. The van der Waals surface area contributed by atoms with Gasteiger partial charge in [-0.15, -0.1) is 0 Å². The first-order chi connectivity index (χ1) is 7.73.